The molecule has 0 aromatic heterocycles. The van der Waals surface area contributed by atoms with E-state index in [0.717, 1.165) is 109 Å². The summed E-state index contributed by atoms with van der Waals surface area (Å²) in [6.45, 7) is 7.25. The summed E-state index contributed by atoms with van der Waals surface area (Å²) in [6, 6.07) is 0. The van der Waals surface area contributed by atoms with E-state index in [4.69, 9.17) is 37.0 Å². The fourth-order valence-electron chi connectivity index (χ4n) is 11.5. The van der Waals surface area contributed by atoms with E-state index in [9.17, 15) is 43.2 Å². The molecule has 0 spiro atoms. The van der Waals surface area contributed by atoms with Crippen molar-refractivity contribution in [3.63, 3.8) is 0 Å². The first-order chi connectivity index (χ1) is 45.5. The standard InChI is InChI=1S/C75H146O17P2/c1-6-9-12-15-18-20-22-24-25-26-27-28-29-30-32-36-41-46-51-56-61-75(80)92-71(65-86-73(78)59-54-49-44-39-37-33-34-38-43-47-52-57-68(4)5)67-90-94(83,84)88-63-69(76)62-87-93(81,82)89-66-70(64-85-72(77)58-53-48-42-17-14-11-8-3)91-74(79)60-55-50-45-40-35-31-23-21-19-16-13-10-7-2/h68-71,76H,6-67H2,1-5H3,(H,81,82)(H,83,84)/t69-,70+,71+/m0/s1. The van der Waals surface area contributed by atoms with Crippen molar-refractivity contribution in [2.75, 3.05) is 39.6 Å². The van der Waals surface area contributed by atoms with Crippen molar-refractivity contribution in [1.82, 2.24) is 0 Å². The molecule has 94 heavy (non-hydrogen) atoms. The maximum atomic E-state index is 13.1. The van der Waals surface area contributed by atoms with Gasteiger partial charge in [-0.1, -0.05) is 343 Å². The molecular formula is C75H146O17P2. The number of esters is 4. The highest BCUT2D eigenvalue weighted by molar-refractivity contribution is 7.47. The molecule has 0 aliphatic rings. The summed E-state index contributed by atoms with van der Waals surface area (Å²) < 4.78 is 68.4. The molecule has 17 nitrogen and oxygen atoms in total. The van der Waals surface area contributed by atoms with E-state index < -0.39 is 97.5 Å². The lowest BCUT2D eigenvalue weighted by molar-refractivity contribution is -0.161. The third-order valence-corrected chi connectivity index (χ3v) is 19.4. The summed E-state index contributed by atoms with van der Waals surface area (Å²) >= 11 is 0. The van der Waals surface area contributed by atoms with E-state index in [1.54, 1.807) is 0 Å². The molecule has 5 atom stereocenters. The van der Waals surface area contributed by atoms with E-state index in [1.807, 2.05) is 0 Å². The van der Waals surface area contributed by atoms with Gasteiger partial charge in [0.1, 0.15) is 19.3 Å². The number of phosphoric acid groups is 2. The van der Waals surface area contributed by atoms with E-state index in [0.29, 0.717) is 25.7 Å². The van der Waals surface area contributed by atoms with Gasteiger partial charge in [-0.2, -0.15) is 0 Å². The molecule has 0 saturated heterocycles. The van der Waals surface area contributed by atoms with Gasteiger partial charge in [-0.3, -0.25) is 37.3 Å². The van der Waals surface area contributed by atoms with Crippen LogP contribution >= 0.6 is 15.6 Å². The molecule has 0 aliphatic heterocycles. The van der Waals surface area contributed by atoms with Crippen LogP contribution in [0.3, 0.4) is 0 Å². The van der Waals surface area contributed by atoms with Gasteiger partial charge in [0.15, 0.2) is 12.2 Å². The van der Waals surface area contributed by atoms with Crippen LogP contribution in [0.5, 0.6) is 0 Å². The number of phosphoric ester groups is 2. The normalized spacial score (nSPS) is 14.0. The minimum absolute atomic E-state index is 0.108. The number of carbonyl (C=O) groups excluding carboxylic acids is 4. The smallest absolute Gasteiger partial charge is 0.462 e. The second-order valence-corrected chi connectivity index (χ2v) is 30.4. The number of aliphatic hydroxyl groups excluding tert-OH is 1. The zero-order valence-corrected chi connectivity index (χ0v) is 62.9. The van der Waals surface area contributed by atoms with Gasteiger partial charge in [0.25, 0.3) is 0 Å². The number of rotatable bonds is 75. The largest absolute Gasteiger partial charge is 0.472 e. The zero-order chi connectivity index (χ0) is 69.1. The summed E-state index contributed by atoms with van der Waals surface area (Å²) in [4.78, 5) is 72.6. The van der Waals surface area contributed by atoms with Gasteiger partial charge >= 0.3 is 39.5 Å². The zero-order valence-electron chi connectivity index (χ0n) is 61.1. The topological polar surface area (TPSA) is 237 Å². The Morgan fingerprint density at radius 1 is 0.287 bits per heavy atom. The highest BCUT2D eigenvalue weighted by Crippen LogP contribution is 2.45. The third kappa shape index (κ3) is 68.6. The molecule has 558 valence electrons. The second kappa shape index (κ2) is 68.2. The Morgan fingerprint density at radius 2 is 0.489 bits per heavy atom. The molecule has 0 saturated carbocycles. The molecular weight excluding hydrogens is 1230 g/mol. The maximum Gasteiger partial charge on any atom is 0.472 e. The lowest BCUT2D eigenvalue weighted by Gasteiger charge is -2.21. The summed E-state index contributed by atoms with van der Waals surface area (Å²) in [5, 5.41) is 10.6. The van der Waals surface area contributed by atoms with Crippen LogP contribution in [0.25, 0.3) is 0 Å². The van der Waals surface area contributed by atoms with Crippen LogP contribution in [-0.2, 0) is 65.4 Å². The molecule has 19 heteroatoms. The first-order valence-corrected chi connectivity index (χ1v) is 42.1. The van der Waals surface area contributed by atoms with Crippen LogP contribution in [0.15, 0.2) is 0 Å². The fourth-order valence-corrected chi connectivity index (χ4v) is 13.1. The predicted molar refractivity (Wildman–Crippen MR) is 382 cm³/mol. The van der Waals surface area contributed by atoms with Crippen LogP contribution in [-0.4, -0.2) is 96.7 Å². The molecule has 0 rings (SSSR count). The average molecular weight is 1380 g/mol. The monoisotopic (exact) mass is 1380 g/mol. The van der Waals surface area contributed by atoms with Gasteiger partial charge in [-0.05, 0) is 31.6 Å². The summed E-state index contributed by atoms with van der Waals surface area (Å²) in [6.07, 6.45) is 57.0. The summed E-state index contributed by atoms with van der Waals surface area (Å²) in [5.74, 6) is -1.35. The minimum atomic E-state index is -4.95. The van der Waals surface area contributed by atoms with E-state index >= 15 is 0 Å². The lowest BCUT2D eigenvalue weighted by Crippen LogP contribution is -2.30. The Hall–Kier alpha value is -1.94. The number of unbranched alkanes of at least 4 members (excludes halogenated alkanes) is 47. The molecule has 0 aromatic carbocycles. The van der Waals surface area contributed by atoms with Crippen LogP contribution in [0.1, 0.15) is 394 Å². The minimum Gasteiger partial charge on any atom is -0.462 e. The van der Waals surface area contributed by atoms with Gasteiger partial charge in [-0.25, -0.2) is 9.13 Å². The Balaban J connectivity index is 5.17. The first kappa shape index (κ1) is 92.1. The molecule has 0 aliphatic carbocycles. The SMILES string of the molecule is CCCCCCCCCCCCCCCCCCCCCCC(=O)O[C@H](COC(=O)CCCCCCCCCCCCCC(C)C)COP(=O)(O)OC[C@@H](O)COP(=O)(O)OC[C@@H](COC(=O)CCCCCCCCC)OC(=O)CCCCCCCCCCCCCCC. The van der Waals surface area contributed by atoms with Crippen LogP contribution in [0.4, 0.5) is 0 Å². The van der Waals surface area contributed by atoms with E-state index in [1.165, 1.54) is 205 Å². The van der Waals surface area contributed by atoms with Crippen molar-refractivity contribution in [1.29, 1.82) is 0 Å². The Bertz CT molecular complexity index is 1810. The van der Waals surface area contributed by atoms with Crippen molar-refractivity contribution >= 4 is 39.5 Å². The Labute approximate surface area is 575 Å². The number of carbonyl (C=O) groups is 4. The average Bonchev–Trinajstić information content (AvgIpc) is 1.52. The quantitative estimate of drug-likeness (QED) is 0.0222. The molecule has 0 amide bonds. The highest BCUT2D eigenvalue weighted by atomic mass is 31.2. The van der Waals surface area contributed by atoms with Gasteiger partial charge in [-0.15, -0.1) is 0 Å². The third-order valence-electron chi connectivity index (χ3n) is 17.5. The van der Waals surface area contributed by atoms with Crippen molar-refractivity contribution < 1.29 is 80.2 Å². The van der Waals surface area contributed by atoms with Gasteiger partial charge in [0, 0.05) is 25.7 Å². The Kier molecular flexibility index (Phi) is 66.8. The Morgan fingerprint density at radius 3 is 0.723 bits per heavy atom. The second-order valence-electron chi connectivity index (χ2n) is 27.5. The van der Waals surface area contributed by atoms with Gasteiger partial charge in [0.2, 0.25) is 0 Å². The van der Waals surface area contributed by atoms with Crippen LogP contribution in [0.2, 0.25) is 0 Å². The van der Waals surface area contributed by atoms with Crippen molar-refractivity contribution in [3.8, 4) is 0 Å². The van der Waals surface area contributed by atoms with Crippen molar-refractivity contribution in [3.05, 3.63) is 0 Å². The summed E-state index contributed by atoms with van der Waals surface area (Å²) in [5.41, 5.74) is 0. The molecule has 3 N–H and O–H groups in total. The maximum absolute atomic E-state index is 13.1. The van der Waals surface area contributed by atoms with Crippen LogP contribution in [0, 0.1) is 5.92 Å². The molecule has 2 unspecified atom stereocenters. The molecule has 0 bridgehead atoms. The molecule has 0 fully saturated rings. The molecule has 0 radical (unpaired) electrons. The van der Waals surface area contributed by atoms with Crippen molar-refractivity contribution in [2.45, 2.75) is 412 Å². The van der Waals surface area contributed by atoms with Gasteiger partial charge in [0.05, 0.1) is 26.4 Å². The van der Waals surface area contributed by atoms with E-state index in [-0.39, 0.29) is 25.7 Å². The summed E-state index contributed by atoms with van der Waals surface area (Å²) in [7, 11) is -9.90. The predicted octanol–water partition coefficient (Wildman–Crippen LogP) is 22.1. The van der Waals surface area contributed by atoms with E-state index in [2.05, 4.69) is 34.6 Å². The fraction of sp³-hybridized carbons (Fsp3) is 0.947. The number of ether oxygens (including phenoxy) is 4. The number of hydrogen-bond donors (Lipinski definition) is 3. The van der Waals surface area contributed by atoms with Crippen LogP contribution < -0.4 is 0 Å². The lowest BCUT2D eigenvalue weighted by atomic mass is 10.0. The first-order valence-electron chi connectivity index (χ1n) is 39.1. The molecule has 0 heterocycles. The highest BCUT2D eigenvalue weighted by Gasteiger charge is 2.30. The molecule has 0 aromatic rings. The van der Waals surface area contributed by atoms with Gasteiger partial charge < -0.3 is 33.8 Å². The number of hydrogen-bond acceptors (Lipinski definition) is 15. The van der Waals surface area contributed by atoms with Crippen molar-refractivity contribution in [2.24, 2.45) is 5.92 Å². The number of aliphatic hydroxyl groups is 1.